The molecule has 1 aliphatic heterocycles. The molecule has 0 radical (unpaired) electrons. The fraction of sp³-hybridized carbons (Fsp3) is 0.333. The molecule has 146 valence electrons. The number of rotatable bonds is 4. The topological polar surface area (TPSA) is 70.7 Å². The van der Waals surface area contributed by atoms with Gasteiger partial charge in [-0.05, 0) is 42.8 Å². The molecule has 1 aromatic carbocycles. The van der Waals surface area contributed by atoms with Gasteiger partial charge in [-0.3, -0.25) is 10.2 Å². The molecule has 6 nitrogen and oxygen atoms in total. The van der Waals surface area contributed by atoms with Gasteiger partial charge in [0.05, 0.1) is 12.7 Å². The minimum atomic E-state index is -0.422. The lowest BCUT2D eigenvalue weighted by Gasteiger charge is -2.25. The maximum Gasteiger partial charge on any atom is 0.341 e. The van der Waals surface area contributed by atoms with E-state index in [4.69, 9.17) is 16.3 Å². The van der Waals surface area contributed by atoms with E-state index in [0.717, 1.165) is 36.5 Å². The summed E-state index contributed by atoms with van der Waals surface area (Å²) in [5.41, 5.74) is 2.06. The highest BCUT2D eigenvalue weighted by Crippen LogP contribution is 2.37. The number of esters is 1. The molecular weight excluding hydrogens is 409 g/mol. The second-order valence-corrected chi connectivity index (χ2v) is 7.45. The molecule has 0 saturated heterocycles. The van der Waals surface area contributed by atoms with Crippen LogP contribution in [0.5, 0.6) is 0 Å². The third-order valence-corrected chi connectivity index (χ3v) is 5.69. The summed E-state index contributed by atoms with van der Waals surface area (Å²) in [5.74, 6) is -0.422. The Bertz CT molecular complexity index is 824. The third kappa shape index (κ3) is 4.93. The second-order valence-electron chi connectivity index (χ2n) is 5.90. The van der Waals surface area contributed by atoms with Gasteiger partial charge in [-0.2, -0.15) is 0 Å². The van der Waals surface area contributed by atoms with Crippen LogP contribution in [0.15, 0.2) is 24.3 Å². The summed E-state index contributed by atoms with van der Waals surface area (Å²) < 4.78 is 4.94. The fourth-order valence-corrected chi connectivity index (χ4v) is 4.33. The first-order chi connectivity index (χ1) is 12.5. The van der Waals surface area contributed by atoms with Crippen molar-refractivity contribution in [1.82, 2.24) is 4.90 Å². The summed E-state index contributed by atoms with van der Waals surface area (Å²) in [6, 6.07) is 6.40. The smallest absolute Gasteiger partial charge is 0.341 e. The summed E-state index contributed by atoms with van der Waals surface area (Å²) in [6.45, 7) is 4.73. The van der Waals surface area contributed by atoms with Crippen LogP contribution >= 0.6 is 35.3 Å². The Morgan fingerprint density at radius 3 is 2.59 bits per heavy atom. The van der Waals surface area contributed by atoms with E-state index >= 15 is 0 Å². The average molecular weight is 430 g/mol. The van der Waals surface area contributed by atoms with Crippen molar-refractivity contribution in [3.05, 3.63) is 45.3 Å². The summed E-state index contributed by atoms with van der Waals surface area (Å²) in [7, 11) is 1.35. The normalized spacial score (nSPS) is 13.3. The first-order valence-electron chi connectivity index (χ1n) is 8.30. The zero-order valence-electron chi connectivity index (χ0n) is 15.0. The summed E-state index contributed by atoms with van der Waals surface area (Å²) >= 11 is 7.28. The molecule has 0 spiro atoms. The molecule has 0 atom stereocenters. The van der Waals surface area contributed by atoms with Gasteiger partial charge in [-0.1, -0.05) is 18.5 Å². The molecule has 2 heterocycles. The van der Waals surface area contributed by atoms with Crippen molar-refractivity contribution in [2.45, 2.75) is 19.9 Å². The van der Waals surface area contributed by atoms with Gasteiger partial charge in [0.2, 0.25) is 0 Å². The van der Waals surface area contributed by atoms with Crippen LogP contribution in [-0.2, 0) is 17.7 Å². The maximum absolute atomic E-state index is 12.4. The number of hydrogen-bond acceptors (Lipinski definition) is 5. The number of nitrogens with one attached hydrogen (secondary N) is 2. The molecule has 1 aliphatic rings. The molecule has 0 aliphatic carbocycles. The lowest BCUT2D eigenvalue weighted by Crippen LogP contribution is -2.30. The van der Waals surface area contributed by atoms with E-state index in [-0.39, 0.29) is 12.4 Å². The van der Waals surface area contributed by atoms with Crippen LogP contribution in [-0.4, -0.2) is 37.1 Å². The molecule has 2 aromatic rings. The molecule has 9 heteroatoms. The Balaban J connectivity index is 0.00000261. The van der Waals surface area contributed by atoms with E-state index in [1.807, 2.05) is 0 Å². The summed E-state index contributed by atoms with van der Waals surface area (Å²) in [6.07, 6.45) is 0.768. The van der Waals surface area contributed by atoms with E-state index in [9.17, 15) is 9.59 Å². The van der Waals surface area contributed by atoms with Crippen molar-refractivity contribution in [2.75, 3.05) is 30.8 Å². The van der Waals surface area contributed by atoms with Gasteiger partial charge < -0.3 is 10.1 Å². The highest BCUT2D eigenvalue weighted by molar-refractivity contribution is 7.17. The van der Waals surface area contributed by atoms with Crippen molar-refractivity contribution in [2.24, 2.45) is 0 Å². The van der Waals surface area contributed by atoms with Gasteiger partial charge in [0.25, 0.3) is 0 Å². The molecule has 0 fully saturated rings. The van der Waals surface area contributed by atoms with Crippen molar-refractivity contribution >= 4 is 58.0 Å². The van der Waals surface area contributed by atoms with Crippen molar-refractivity contribution in [3.63, 3.8) is 0 Å². The molecule has 2 amide bonds. The SMILES string of the molecule is CCN1CCc2c(sc(NC(=O)Nc3ccc(Cl)cc3)c2C(=O)OC)C1.Cl. The van der Waals surface area contributed by atoms with Gasteiger partial charge >= 0.3 is 12.0 Å². The van der Waals surface area contributed by atoms with Crippen LogP contribution in [0.1, 0.15) is 27.7 Å². The Morgan fingerprint density at radius 2 is 1.96 bits per heavy atom. The minimum Gasteiger partial charge on any atom is -0.465 e. The number of hydrogen-bond donors (Lipinski definition) is 2. The number of carbonyl (C=O) groups excluding carboxylic acids is 2. The number of halogens is 2. The Kier molecular flexibility index (Phi) is 7.49. The molecule has 2 N–H and O–H groups in total. The van der Waals surface area contributed by atoms with Crippen molar-refractivity contribution < 1.29 is 14.3 Å². The number of anilines is 2. The van der Waals surface area contributed by atoms with Gasteiger partial charge in [0.15, 0.2) is 0 Å². The third-order valence-electron chi connectivity index (χ3n) is 4.30. The number of benzene rings is 1. The number of amides is 2. The predicted octanol–water partition coefficient (Wildman–Crippen LogP) is 4.63. The minimum absolute atomic E-state index is 0. The van der Waals surface area contributed by atoms with Gasteiger partial charge in [0.1, 0.15) is 5.00 Å². The number of likely N-dealkylation sites (N-methyl/N-ethyl adjacent to an activating group) is 1. The van der Waals surface area contributed by atoms with Crippen LogP contribution in [0.3, 0.4) is 0 Å². The van der Waals surface area contributed by atoms with Crippen molar-refractivity contribution in [3.8, 4) is 0 Å². The van der Waals surface area contributed by atoms with Crippen molar-refractivity contribution in [1.29, 1.82) is 0 Å². The average Bonchev–Trinajstić information content (AvgIpc) is 2.99. The Labute approximate surface area is 173 Å². The number of fused-ring (bicyclic) bond motifs is 1. The molecule has 1 aromatic heterocycles. The first kappa shape index (κ1) is 21.5. The van der Waals surface area contributed by atoms with Crippen LogP contribution in [0.4, 0.5) is 15.5 Å². The number of urea groups is 1. The molecule has 27 heavy (non-hydrogen) atoms. The lowest BCUT2D eigenvalue weighted by atomic mass is 10.0. The zero-order valence-corrected chi connectivity index (χ0v) is 17.4. The number of ether oxygens (including phenoxy) is 1. The zero-order chi connectivity index (χ0) is 18.7. The Hall–Kier alpha value is -1.80. The van der Waals surface area contributed by atoms with E-state index < -0.39 is 12.0 Å². The van der Waals surface area contributed by atoms with Crippen LogP contribution in [0, 0.1) is 0 Å². The molecular formula is C18H21Cl2N3O3S. The summed E-state index contributed by atoms with van der Waals surface area (Å²) in [4.78, 5) is 28.0. The largest absolute Gasteiger partial charge is 0.465 e. The molecule has 3 rings (SSSR count). The number of thiophene rings is 1. The van der Waals surface area contributed by atoms with Gasteiger partial charge in [-0.25, -0.2) is 9.59 Å². The van der Waals surface area contributed by atoms with Crippen LogP contribution in [0.2, 0.25) is 5.02 Å². The molecule has 0 bridgehead atoms. The number of carbonyl (C=O) groups is 2. The van der Waals surface area contributed by atoms with Gasteiger partial charge in [0, 0.05) is 28.7 Å². The second kappa shape index (κ2) is 9.41. The Morgan fingerprint density at radius 1 is 1.26 bits per heavy atom. The van der Waals surface area contributed by atoms with Crippen LogP contribution in [0.25, 0.3) is 0 Å². The highest BCUT2D eigenvalue weighted by Gasteiger charge is 2.28. The number of methoxy groups -OCH3 is 1. The molecule has 0 unspecified atom stereocenters. The fourth-order valence-electron chi connectivity index (χ4n) is 2.93. The van der Waals surface area contributed by atoms with E-state index in [1.54, 1.807) is 24.3 Å². The van der Waals surface area contributed by atoms with Gasteiger partial charge in [-0.15, -0.1) is 23.7 Å². The van der Waals surface area contributed by atoms with E-state index in [2.05, 4.69) is 22.5 Å². The number of nitrogens with zero attached hydrogens (tertiary/aromatic N) is 1. The van der Waals surface area contributed by atoms with Crippen LogP contribution < -0.4 is 10.6 Å². The monoisotopic (exact) mass is 429 g/mol. The maximum atomic E-state index is 12.4. The quantitative estimate of drug-likeness (QED) is 0.694. The summed E-state index contributed by atoms with van der Waals surface area (Å²) in [5, 5.41) is 6.65. The predicted molar refractivity (Wildman–Crippen MR) is 112 cm³/mol. The lowest BCUT2D eigenvalue weighted by molar-refractivity contribution is 0.0600. The van der Waals surface area contributed by atoms with E-state index in [0.29, 0.717) is 21.3 Å². The first-order valence-corrected chi connectivity index (χ1v) is 9.50. The van der Waals surface area contributed by atoms with E-state index in [1.165, 1.54) is 18.4 Å². The molecule has 0 saturated carbocycles. The standard InChI is InChI=1S/C18H20ClN3O3S.ClH/c1-3-22-9-8-13-14(10-22)26-16(15(13)17(23)25-2)21-18(24)20-12-6-4-11(19)5-7-12;/h4-7H,3,8-10H2,1-2H3,(H2,20,21,24);1H. The highest BCUT2D eigenvalue weighted by atomic mass is 35.5.